The lowest BCUT2D eigenvalue weighted by Gasteiger charge is -2.33. The van der Waals surface area contributed by atoms with E-state index in [-0.39, 0.29) is 17.4 Å². The average molecular weight is 147 g/mol. The van der Waals surface area contributed by atoms with Crippen LogP contribution in [0.5, 0.6) is 0 Å². The molecule has 1 aliphatic rings. The van der Waals surface area contributed by atoms with Gasteiger partial charge in [0.25, 0.3) is 5.91 Å². The van der Waals surface area contributed by atoms with Crippen molar-refractivity contribution in [1.82, 2.24) is 5.32 Å². The maximum atomic E-state index is 10.6. The zero-order valence-electron chi connectivity index (χ0n) is 5.38. The molecule has 1 aliphatic heterocycles. The largest absolute Gasteiger partial charge is 0.369 e. The summed E-state index contributed by atoms with van der Waals surface area (Å²) in [7, 11) is 1.55. The molecule has 2 atom stereocenters. The number of methoxy groups -OCH3 is 1. The highest BCUT2D eigenvalue weighted by molar-refractivity contribution is 7.99. The van der Waals surface area contributed by atoms with Gasteiger partial charge in [0.15, 0.2) is 6.10 Å². The molecular formula is C5H9NO2S. The number of nitrogens with one attached hydrogen (secondary N) is 1. The minimum absolute atomic E-state index is 0.00292. The van der Waals surface area contributed by atoms with Crippen LogP contribution in [-0.2, 0) is 9.53 Å². The van der Waals surface area contributed by atoms with Gasteiger partial charge in [0.05, 0.1) is 0 Å². The number of rotatable bonds is 2. The van der Waals surface area contributed by atoms with Crippen LogP contribution >= 0.6 is 11.8 Å². The van der Waals surface area contributed by atoms with Gasteiger partial charge in [0, 0.05) is 7.11 Å². The summed E-state index contributed by atoms with van der Waals surface area (Å²) in [5.41, 5.74) is 0. The van der Waals surface area contributed by atoms with Crippen LogP contribution in [0, 0.1) is 0 Å². The number of β-lactam (4-membered cyclic amide) rings is 1. The molecule has 0 aromatic carbocycles. The van der Waals surface area contributed by atoms with E-state index in [0.29, 0.717) is 0 Å². The first-order valence-corrected chi connectivity index (χ1v) is 3.94. The van der Waals surface area contributed by atoms with Crippen LogP contribution in [0.15, 0.2) is 0 Å². The fourth-order valence-electron chi connectivity index (χ4n) is 0.752. The van der Waals surface area contributed by atoms with E-state index in [9.17, 15) is 4.79 Å². The summed E-state index contributed by atoms with van der Waals surface area (Å²) in [6.45, 7) is 0. The van der Waals surface area contributed by atoms with Gasteiger partial charge in [-0.1, -0.05) is 0 Å². The van der Waals surface area contributed by atoms with E-state index in [1.165, 1.54) is 0 Å². The van der Waals surface area contributed by atoms with E-state index in [1.807, 2.05) is 6.26 Å². The summed E-state index contributed by atoms with van der Waals surface area (Å²) in [5, 5.41) is 2.86. The predicted octanol–water partition coefficient (Wildman–Crippen LogP) is -0.180. The number of amides is 1. The Labute approximate surface area is 58.1 Å². The molecule has 0 aliphatic carbocycles. The standard InChI is InChI=1S/C5H9NO2S/c1-8-3-4(7)6-5(3)9-2/h3,5H,1-2H3,(H,6,7). The van der Waals surface area contributed by atoms with E-state index >= 15 is 0 Å². The Balaban J connectivity index is 2.38. The van der Waals surface area contributed by atoms with Gasteiger partial charge >= 0.3 is 0 Å². The minimum Gasteiger partial charge on any atom is -0.369 e. The van der Waals surface area contributed by atoms with Crippen LogP contribution in [0.25, 0.3) is 0 Å². The highest BCUT2D eigenvalue weighted by Gasteiger charge is 2.38. The van der Waals surface area contributed by atoms with E-state index in [0.717, 1.165) is 0 Å². The smallest absolute Gasteiger partial charge is 0.253 e. The third-order valence-corrected chi connectivity index (χ3v) is 2.20. The van der Waals surface area contributed by atoms with E-state index < -0.39 is 0 Å². The number of ether oxygens (including phenoxy) is 1. The Morgan fingerprint density at radius 3 is 2.67 bits per heavy atom. The van der Waals surface area contributed by atoms with Crippen LogP contribution in [0.3, 0.4) is 0 Å². The number of carbonyl (C=O) groups is 1. The zero-order valence-corrected chi connectivity index (χ0v) is 6.20. The van der Waals surface area contributed by atoms with Crippen molar-refractivity contribution in [3.63, 3.8) is 0 Å². The van der Waals surface area contributed by atoms with Crippen LogP contribution in [0.4, 0.5) is 0 Å². The van der Waals surface area contributed by atoms with Crippen molar-refractivity contribution >= 4 is 17.7 Å². The van der Waals surface area contributed by atoms with Gasteiger partial charge in [-0.25, -0.2) is 0 Å². The molecule has 9 heavy (non-hydrogen) atoms. The Hall–Kier alpha value is -0.220. The molecule has 1 heterocycles. The van der Waals surface area contributed by atoms with Crippen LogP contribution in [-0.4, -0.2) is 30.8 Å². The number of hydrogen-bond donors (Lipinski definition) is 1. The molecule has 1 N–H and O–H groups in total. The fraction of sp³-hybridized carbons (Fsp3) is 0.800. The Bertz CT molecular complexity index is 128. The first kappa shape index (κ1) is 6.89. The quantitative estimate of drug-likeness (QED) is 0.551. The third-order valence-electron chi connectivity index (χ3n) is 1.33. The van der Waals surface area contributed by atoms with Gasteiger partial charge in [0.2, 0.25) is 0 Å². The average Bonchev–Trinajstić information content (AvgIpc) is 1.83. The number of thioether (sulfide) groups is 1. The zero-order chi connectivity index (χ0) is 6.85. The molecule has 0 aromatic rings. The van der Waals surface area contributed by atoms with Crippen molar-refractivity contribution < 1.29 is 9.53 Å². The highest BCUT2D eigenvalue weighted by Crippen LogP contribution is 2.18. The predicted molar refractivity (Wildman–Crippen MR) is 36.2 cm³/mol. The SMILES string of the molecule is COC1C(=O)NC1SC. The van der Waals surface area contributed by atoms with Crippen molar-refractivity contribution in [3.05, 3.63) is 0 Å². The maximum Gasteiger partial charge on any atom is 0.253 e. The summed E-state index contributed by atoms with van der Waals surface area (Å²) in [5.74, 6) is -0.00292. The third kappa shape index (κ3) is 1.04. The lowest BCUT2D eigenvalue weighted by atomic mass is 10.2. The maximum absolute atomic E-state index is 10.6. The van der Waals surface area contributed by atoms with Gasteiger partial charge in [-0.05, 0) is 6.26 Å². The molecule has 0 bridgehead atoms. The topological polar surface area (TPSA) is 38.3 Å². The molecule has 1 rings (SSSR count). The highest BCUT2D eigenvalue weighted by atomic mass is 32.2. The molecule has 2 unspecified atom stereocenters. The Kier molecular flexibility index (Phi) is 1.97. The lowest BCUT2D eigenvalue weighted by Crippen LogP contribution is -2.61. The fourth-order valence-corrected chi connectivity index (χ4v) is 1.47. The number of carbonyl (C=O) groups excluding carboxylic acids is 1. The monoisotopic (exact) mass is 147 g/mol. The van der Waals surface area contributed by atoms with E-state index in [2.05, 4.69) is 5.32 Å². The van der Waals surface area contributed by atoms with Crippen molar-refractivity contribution in [3.8, 4) is 0 Å². The minimum atomic E-state index is -0.222. The molecule has 0 saturated carbocycles. The summed E-state index contributed by atoms with van der Waals surface area (Å²) < 4.78 is 4.87. The molecule has 3 nitrogen and oxygen atoms in total. The van der Waals surface area contributed by atoms with E-state index in [1.54, 1.807) is 18.9 Å². The van der Waals surface area contributed by atoms with Crippen molar-refractivity contribution in [2.45, 2.75) is 11.5 Å². The van der Waals surface area contributed by atoms with Crippen molar-refractivity contribution in [1.29, 1.82) is 0 Å². The first-order chi connectivity index (χ1) is 4.29. The summed E-state index contributed by atoms with van der Waals surface area (Å²) in [6.07, 6.45) is 1.72. The lowest BCUT2D eigenvalue weighted by molar-refractivity contribution is -0.141. The van der Waals surface area contributed by atoms with Gasteiger partial charge in [0.1, 0.15) is 5.37 Å². The van der Waals surface area contributed by atoms with Gasteiger partial charge in [-0.2, -0.15) is 0 Å². The molecule has 1 amide bonds. The molecule has 0 aromatic heterocycles. The summed E-state index contributed by atoms with van der Waals surface area (Å²) >= 11 is 1.59. The van der Waals surface area contributed by atoms with Gasteiger partial charge in [-0.15, -0.1) is 11.8 Å². The molecule has 1 saturated heterocycles. The van der Waals surface area contributed by atoms with Crippen molar-refractivity contribution in [2.75, 3.05) is 13.4 Å². The molecular weight excluding hydrogens is 138 g/mol. The van der Waals surface area contributed by atoms with Gasteiger partial charge < -0.3 is 10.1 Å². The van der Waals surface area contributed by atoms with E-state index in [4.69, 9.17) is 4.74 Å². The first-order valence-electron chi connectivity index (χ1n) is 2.65. The Morgan fingerprint density at radius 2 is 2.44 bits per heavy atom. The van der Waals surface area contributed by atoms with Crippen LogP contribution < -0.4 is 5.32 Å². The van der Waals surface area contributed by atoms with Gasteiger partial charge in [-0.3, -0.25) is 4.79 Å². The van der Waals surface area contributed by atoms with Crippen LogP contribution in [0.2, 0.25) is 0 Å². The molecule has 1 fully saturated rings. The second-order valence-electron chi connectivity index (χ2n) is 1.82. The summed E-state index contributed by atoms with van der Waals surface area (Å²) in [6, 6.07) is 0. The second kappa shape index (κ2) is 2.58. The molecule has 0 radical (unpaired) electrons. The van der Waals surface area contributed by atoms with Crippen LogP contribution in [0.1, 0.15) is 0 Å². The molecule has 0 spiro atoms. The Morgan fingerprint density at radius 1 is 1.78 bits per heavy atom. The second-order valence-corrected chi connectivity index (χ2v) is 2.80. The normalized spacial score (nSPS) is 33.3. The molecule has 52 valence electrons. The summed E-state index contributed by atoms with van der Waals surface area (Å²) in [4.78, 5) is 10.6. The molecule has 4 heteroatoms. The van der Waals surface area contributed by atoms with Crippen molar-refractivity contribution in [2.24, 2.45) is 0 Å². The number of hydrogen-bond acceptors (Lipinski definition) is 3.